The Labute approximate surface area is 110 Å². The van der Waals surface area contributed by atoms with E-state index in [0.29, 0.717) is 5.78 Å². The molecule has 1 fully saturated rings. The number of nitrogens with zero attached hydrogens (tertiary/aromatic N) is 2. The molecule has 0 unspecified atom stereocenters. The second-order valence-electron chi connectivity index (χ2n) is 5.66. The van der Waals surface area contributed by atoms with Crippen molar-refractivity contribution in [3.63, 3.8) is 0 Å². The van der Waals surface area contributed by atoms with Gasteiger partial charge in [0.25, 0.3) is 0 Å². The lowest BCUT2D eigenvalue weighted by molar-refractivity contribution is 0.0869. The van der Waals surface area contributed by atoms with Crippen LogP contribution in [0.1, 0.15) is 60.8 Å². The maximum absolute atomic E-state index is 12.6. The van der Waals surface area contributed by atoms with Crippen LogP contribution in [-0.4, -0.2) is 15.6 Å². The highest BCUT2D eigenvalue weighted by Crippen LogP contribution is 2.33. The summed E-state index contributed by atoms with van der Waals surface area (Å²) in [6.45, 7) is 6.19. The third kappa shape index (κ3) is 2.36. The van der Waals surface area contributed by atoms with Crippen molar-refractivity contribution < 1.29 is 4.79 Å². The van der Waals surface area contributed by atoms with Gasteiger partial charge >= 0.3 is 0 Å². The van der Waals surface area contributed by atoms with Crippen molar-refractivity contribution in [3.05, 3.63) is 17.0 Å². The van der Waals surface area contributed by atoms with Gasteiger partial charge in [0.05, 0.1) is 11.3 Å². The molecule has 100 valence electrons. The number of aromatic nitrogens is 2. The van der Waals surface area contributed by atoms with E-state index < -0.39 is 0 Å². The lowest BCUT2D eigenvalue weighted by Crippen LogP contribution is -2.22. The van der Waals surface area contributed by atoms with Crippen LogP contribution in [-0.2, 0) is 7.05 Å². The number of hydrogen-bond acceptors (Lipinski definition) is 2. The van der Waals surface area contributed by atoms with Gasteiger partial charge in [-0.2, -0.15) is 5.10 Å². The van der Waals surface area contributed by atoms with E-state index >= 15 is 0 Å². The molecule has 0 saturated heterocycles. The molecule has 2 rings (SSSR count). The highest BCUT2D eigenvalue weighted by Gasteiger charge is 2.29. The second kappa shape index (κ2) is 5.25. The number of Topliss-reactive ketones (excluding diaryl/α,β-unsaturated/α-hetero) is 1. The maximum Gasteiger partial charge on any atom is 0.169 e. The minimum atomic E-state index is 0.231. The van der Waals surface area contributed by atoms with Crippen LogP contribution in [0.5, 0.6) is 0 Å². The summed E-state index contributed by atoms with van der Waals surface area (Å²) in [5.74, 6) is 1.40. The lowest BCUT2D eigenvalue weighted by Gasteiger charge is -2.26. The number of carbonyl (C=O) groups is 1. The summed E-state index contributed by atoms with van der Waals surface area (Å²) in [6, 6.07) is 0. The van der Waals surface area contributed by atoms with Crippen molar-refractivity contribution in [2.24, 2.45) is 18.9 Å². The number of hydrogen-bond donors (Lipinski definition) is 0. The van der Waals surface area contributed by atoms with Crippen molar-refractivity contribution >= 4 is 5.78 Å². The Bertz CT molecular complexity index is 440. The zero-order chi connectivity index (χ0) is 13.3. The summed E-state index contributed by atoms with van der Waals surface area (Å²) in [6.07, 6.45) is 5.80. The van der Waals surface area contributed by atoms with Gasteiger partial charge in [0.2, 0.25) is 0 Å². The predicted molar refractivity (Wildman–Crippen MR) is 72.8 cm³/mol. The number of ketones is 1. The first-order chi connectivity index (χ1) is 8.54. The summed E-state index contributed by atoms with van der Waals surface area (Å²) < 4.78 is 1.82. The molecule has 3 heteroatoms. The van der Waals surface area contributed by atoms with Gasteiger partial charge in [0, 0.05) is 18.7 Å². The van der Waals surface area contributed by atoms with Gasteiger partial charge in [-0.1, -0.05) is 13.3 Å². The van der Waals surface area contributed by atoms with E-state index in [1.54, 1.807) is 0 Å². The Morgan fingerprint density at radius 1 is 1.28 bits per heavy atom. The SMILES string of the molecule is CCC1CCC(C(=O)c2c(C)nn(C)c2C)CC1. The summed E-state index contributed by atoms with van der Waals surface area (Å²) >= 11 is 0. The molecule has 0 bridgehead atoms. The molecular weight excluding hydrogens is 224 g/mol. The van der Waals surface area contributed by atoms with Crippen LogP contribution in [0.15, 0.2) is 0 Å². The molecule has 0 N–H and O–H groups in total. The smallest absolute Gasteiger partial charge is 0.169 e. The van der Waals surface area contributed by atoms with Crippen LogP contribution in [0, 0.1) is 25.7 Å². The van der Waals surface area contributed by atoms with Crippen molar-refractivity contribution in [2.45, 2.75) is 52.9 Å². The van der Waals surface area contributed by atoms with E-state index in [-0.39, 0.29) is 5.92 Å². The van der Waals surface area contributed by atoms with E-state index in [1.807, 2.05) is 25.6 Å². The summed E-state index contributed by atoms with van der Waals surface area (Å²) in [7, 11) is 1.91. The molecule has 1 saturated carbocycles. The van der Waals surface area contributed by atoms with E-state index in [2.05, 4.69) is 12.0 Å². The Kier molecular flexibility index (Phi) is 3.88. The molecule has 1 aromatic heterocycles. The fraction of sp³-hybridized carbons (Fsp3) is 0.733. The van der Waals surface area contributed by atoms with E-state index in [4.69, 9.17) is 0 Å². The van der Waals surface area contributed by atoms with Gasteiger partial charge < -0.3 is 0 Å². The van der Waals surface area contributed by atoms with Gasteiger partial charge in [-0.3, -0.25) is 9.48 Å². The number of rotatable bonds is 3. The Hall–Kier alpha value is -1.12. The average molecular weight is 248 g/mol. The minimum Gasteiger partial charge on any atom is -0.294 e. The van der Waals surface area contributed by atoms with Gasteiger partial charge in [0.15, 0.2) is 5.78 Å². The summed E-state index contributed by atoms with van der Waals surface area (Å²) in [5.41, 5.74) is 2.77. The summed E-state index contributed by atoms with van der Waals surface area (Å²) in [5, 5.41) is 4.35. The zero-order valence-electron chi connectivity index (χ0n) is 12.0. The molecule has 3 nitrogen and oxygen atoms in total. The molecule has 1 aliphatic carbocycles. The highest BCUT2D eigenvalue weighted by atomic mass is 16.1. The molecule has 0 amide bonds. The van der Waals surface area contributed by atoms with Crippen molar-refractivity contribution in [3.8, 4) is 0 Å². The zero-order valence-corrected chi connectivity index (χ0v) is 12.0. The minimum absolute atomic E-state index is 0.231. The number of carbonyl (C=O) groups excluding carboxylic acids is 1. The molecule has 0 atom stereocenters. The molecule has 1 aliphatic rings. The van der Waals surface area contributed by atoms with Crippen LogP contribution in [0.25, 0.3) is 0 Å². The third-order valence-corrected chi connectivity index (χ3v) is 4.55. The quantitative estimate of drug-likeness (QED) is 0.768. The molecule has 1 aromatic rings. The Balaban J connectivity index is 2.13. The standard InChI is InChI=1S/C15H24N2O/c1-5-12-6-8-13(9-7-12)15(18)14-10(2)16-17(4)11(14)3/h12-13H,5-9H2,1-4H3. The predicted octanol–water partition coefficient (Wildman–Crippen LogP) is 3.44. The van der Waals surface area contributed by atoms with Crippen molar-refractivity contribution in [2.75, 3.05) is 0 Å². The second-order valence-corrected chi connectivity index (χ2v) is 5.66. The molecule has 0 spiro atoms. The first kappa shape index (κ1) is 13.3. The molecule has 1 heterocycles. The first-order valence-electron chi connectivity index (χ1n) is 7.09. The molecule has 0 aliphatic heterocycles. The maximum atomic E-state index is 12.6. The third-order valence-electron chi connectivity index (χ3n) is 4.55. The topological polar surface area (TPSA) is 34.9 Å². The van der Waals surface area contributed by atoms with Gasteiger partial charge in [0.1, 0.15) is 0 Å². The van der Waals surface area contributed by atoms with Crippen molar-refractivity contribution in [1.29, 1.82) is 0 Å². The molecule has 0 aromatic carbocycles. The van der Waals surface area contributed by atoms with Crippen molar-refractivity contribution in [1.82, 2.24) is 9.78 Å². The Morgan fingerprint density at radius 2 is 1.89 bits per heavy atom. The lowest BCUT2D eigenvalue weighted by atomic mass is 9.77. The monoisotopic (exact) mass is 248 g/mol. The average Bonchev–Trinajstić information content (AvgIpc) is 2.63. The van der Waals surface area contributed by atoms with Gasteiger partial charge in [-0.05, 0) is 45.4 Å². The molecule has 0 radical (unpaired) electrons. The van der Waals surface area contributed by atoms with E-state index in [9.17, 15) is 4.79 Å². The van der Waals surface area contributed by atoms with Crippen LogP contribution in [0.4, 0.5) is 0 Å². The normalized spacial score (nSPS) is 24.2. The van der Waals surface area contributed by atoms with Crippen LogP contribution in [0.3, 0.4) is 0 Å². The molecule has 18 heavy (non-hydrogen) atoms. The van der Waals surface area contributed by atoms with Gasteiger partial charge in [-0.15, -0.1) is 0 Å². The fourth-order valence-corrected chi connectivity index (χ4v) is 3.17. The van der Waals surface area contributed by atoms with Crippen LogP contribution >= 0.6 is 0 Å². The molecular formula is C15H24N2O. The fourth-order valence-electron chi connectivity index (χ4n) is 3.17. The van der Waals surface area contributed by atoms with Crippen LogP contribution < -0.4 is 0 Å². The summed E-state index contributed by atoms with van der Waals surface area (Å²) in [4.78, 5) is 12.6. The van der Waals surface area contributed by atoms with E-state index in [1.165, 1.54) is 19.3 Å². The highest BCUT2D eigenvalue weighted by molar-refractivity contribution is 5.99. The van der Waals surface area contributed by atoms with Gasteiger partial charge in [-0.25, -0.2) is 0 Å². The Morgan fingerprint density at radius 3 is 2.33 bits per heavy atom. The largest absolute Gasteiger partial charge is 0.294 e. The number of aryl methyl sites for hydroxylation is 2. The first-order valence-corrected chi connectivity index (χ1v) is 7.09. The van der Waals surface area contributed by atoms with Crippen LogP contribution in [0.2, 0.25) is 0 Å². The van der Waals surface area contributed by atoms with E-state index in [0.717, 1.165) is 35.7 Å².